The average molecular weight is 287 g/mol. The molecule has 0 aromatic heterocycles. The number of hydrogen-bond acceptors (Lipinski definition) is 2. The molecule has 1 heterocycles. The lowest BCUT2D eigenvalue weighted by Gasteiger charge is -2.24. The molecule has 1 aliphatic rings. The third-order valence-electron chi connectivity index (χ3n) is 3.46. The highest BCUT2D eigenvalue weighted by Crippen LogP contribution is 2.37. The molecule has 1 aliphatic heterocycles. The van der Waals surface area contributed by atoms with Gasteiger partial charge in [-0.05, 0) is 36.8 Å². The summed E-state index contributed by atoms with van der Waals surface area (Å²) in [5.41, 5.74) is 3.72. The van der Waals surface area contributed by atoms with Crippen molar-refractivity contribution in [3.8, 4) is 0 Å². The Hall–Kier alpha value is -2.00. The van der Waals surface area contributed by atoms with Gasteiger partial charge in [0.05, 0.1) is 17.1 Å². The average Bonchev–Trinajstić information content (AvgIpc) is 2.58. The molecular weight excluding hydrogens is 272 g/mol. The van der Waals surface area contributed by atoms with E-state index in [4.69, 9.17) is 11.6 Å². The Morgan fingerprint density at radius 2 is 1.95 bits per heavy atom. The fourth-order valence-electron chi connectivity index (χ4n) is 2.47. The molecule has 0 fully saturated rings. The van der Waals surface area contributed by atoms with Crippen molar-refractivity contribution in [1.82, 2.24) is 0 Å². The first kappa shape index (κ1) is 13.0. The van der Waals surface area contributed by atoms with Crippen molar-refractivity contribution in [1.29, 1.82) is 0 Å². The minimum atomic E-state index is 0.0767. The van der Waals surface area contributed by atoms with Gasteiger partial charge in [0.2, 0.25) is 5.91 Å². The summed E-state index contributed by atoms with van der Waals surface area (Å²) in [6.45, 7) is 2.64. The number of carbonyl (C=O) groups excluding carboxylic acids is 1. The highest BCUT2D eigenvalue weighted by molar-refractivity contribution is 6.31. The van der Waals surface area contributed by atoms with Gasteiger partial charge in [-0.15, -0.1) is 0 Å². The molecule has 4 heteroatoms. The lowest BCUT2D eigenvalue weighted by atomic mass is 10.1. The fraction of sp³-hybridized carbons (Fsp3) is 0.188. The smallest absolute Gasteiger partial charge is 0.233 e. The first-order chi connectivity index (χ1) is 9.66. The van der Waals surface area contributed by atoms with Crippen LogP contribution in [0.2, 0.25) is 5.02 Å². The quantitative estimate of drug-likeness (QED) is 0.855. The van der Waals surface area contributed by atoms with Crippen molar-refractivity contribution in [3.63, 3.8) is 0 Å². The molecule has 0 unspecified atom stereocenters. The third-order valence-corrected chi connectivity index (χ3v) is 3.70. The van der Waals surface area contributed by atoms with E-state index in [9.17, 15) is 4.79 Å². The van der Waals surface area contributed by atoms with Gasteiger partial charge in [-0.1, -0.05) is 29.8 Å². The molecule has 0 aliphatic carbocycles. The van der Waals surface area contributed by atoms with Crippen molar-refractivity contribution in [2.24, 2.45) is 0 Å². The van der Waals surface area contributed by atoms with Gasteiger partial charge in [0.15, 0.2) is 0 Å². The summed E-state index contributed by atoms with van der Waals surface area (Å²) < 4.78 is 0. The largest absolute Gasteiger partial charge is 0.383 e. The Morgan fingerprint density at radius 3 is 2.75 bits per heavy atom. The number of anilines is 3. The van der Waals surface area contributed by atoms with E-state index in [1.54, 1.807) is 4.90 Å². The van der Waals surface area contributed by atoms with Gasteiger partial charge in [0, 0.05) is 18.0 Å². The molecule has 20 heavy (non-hydrogen) atoms. The summed E-state index contributed by atoms with van der Waals surface area (Å²) in [7, 11) is 0. The van der Waals surface area contributed by atoms with Gasteiger partial charge in [-0.25, -0.2) is 0 Å². The normalized spacial score (nSPS) is 14.5. The maximum absolute atomic E-state index is 12.5. The van der Waals surface area contributed by atoms with Crippen molar-refractivity contribution in [2.45, 2.75) is 13.3 Å². The zero-order valence-corrected chi connectivity index (χ0v) is 11.9. The van der Waals surface area contributed by atoms with Crippen LogP contribution >= 0.6 is 11.6 Å². The van der Waals surface area contributed by atoms with E-state index in [-0.39, 0.29) is 5.91 Å². The summed E-state index contributed by atoms with van der Waals surface area (Å²) >= 11 is 6.10. The van der Waals surface area contributed by atoms with E-state index in [0.717, 1.165) is 22.6 Å². The van der Waals surface area contributed by atoms with Crippen LogP contribution < -0.4 is 10.2 Å². The number of carbonyl (C=O) groups is 1. The fourth-order valence-corrected chi connectivity index (χ4v) is 2.63. The highest BCUT2D eigenvalue weighted by Gasteiger charge is 2.24. The molecular formula is C16H15ClN2O. The van der Waals surface area contributed by atoms with Gasteiger partial charge >= 0.3 is 0 Å². The number of nitrogens with zero attached hydrogens (tertiary/aromatic N) is 1. The summed E-state index contributed by atoms with van der Waals surface area (Å²) in [6, 6.07) is 13.5. The third kappa shape index (κ3) is 2.25. The SMILES string of the molecule is Cc1ccccc1N1C(=O)CCNc2ccc(Cl)cc21. The van der Waals surface area contributed by atoms with Crippen molar-refractivity contribution >= 4 is 34.6 Å². The first-order valence-electron chi connectivity index (χ1n) is 6.59. The van der Waals surface area contributed by atoms with Crippen LogP contribution in [0.3, 0.4) is 0 Å². The Labute approximate surface area is 123 Å². The molecule has 102 valence electrons. The Kier molecular flexibility index (Phi) is 3.36. The van der Waals surface area contributed by atoms with Crippen LogP contribution in [-0.2, 0) is 4.79 Å². The summed E-state index contributed by atoms with van der Waals surface area (Å²) in [6.07, 6.45) is 0.459. The van der Waals surface area contributed by atoms with Gasteiger partial charge < -0.3 is 5.32 Å². The molecule has 1 amide bonds. The van der Waals surface area contributed by atoms with E-state index in [1.807, 2.05) is 49.4 Å². The molecule has 1 N–H and O–H groups in total. The van der Waals surface area contributed by atoms with Crippen LogP contribution in [-0.4, -0.2) is 12.5 Å². The summed E-state index contributed by atoms with van der Waals surface area (Å²) in [4.78, 5) is 14.2. The van der Waals surface area contributed by atoms with Crippen LogP contribution in [0.15, 0.2) is 42.5 Å². The predicted octanol–water partition coefficient (Wildman–Crippen LogP) is 4.13. The van der Waals surface area contributed by atoms with Gasteiger partial charge in [0.1, 0.15) is 0 Å². The van der Waals surface area contributed by atoms with E-state index in [2.05, 4.69) is 5.32 Å². The topological polar surface area (TPSA) is 32.3 Å². The van der Waals surface area contributed by atoms with Gasteiger partial charge in [-0.2, -0.15) is 0 Å². The second-order valence-corrected chi connectivity index (χ2v) is 5.29. The number of amides is 1. The minimum Gasteiger partial charge on any atom is -0.383 e. The van der Waals surface area contributed by atoms with E-state index >= 15 is 0 Å². The summed E-state index contributed by atoms with van der Waals surface area (Å²) in [5.74, 6) is 0.0767. The van der Waals surface area contributed by atoms with E-state index in [1.165, 1.54) is 0 Å². The molecule has 0 atom stereocenters. The van der Waals surface area contributed by atoms with Crippen LogP contribution in [0.5, 0.6) is 0 Å². The van der Waals surface area contributed by atoms with Crippen molar-refractivity contribution in [2.75, 3.05) is 16.8 Å². The number of nitrogens with one attached hydrogen (secondary N) is 1. The molecule has 0 saturated carbocycles. The maximum atomic E-state index is 12.5. The maximum Gasteiger partial charge on any atom is 0.233 e. The second kappa shape index (κ2) is 5.17. The zero-order chi connectivity index (χ0) is 14.1. The zero-order valence-electron chi connectivity index (χ0n) is 11.2. The number of fused-ring (bicyclic) bond motifs is 1. The highest BCUT2D eigenvalue weighted by atomic mass is 35.5. The van der Waals surface area contributed by atoms with E-state index < -0.39 is 0 Å². The van der Waals surface area contributed by atoms with Crippen molar-refractivity contribution < 1.29 is 4.79 Å². The predicted molar refractivity (Wildman–Crippen MR) is 82.9 cm³/mol. The lowest BCUT2D eigenvalue weighted by molar-refractivity contribution is -0.117. The van der Waals surface area contributed by atoms with Crippen LogP contribution in [0.25, 0.3) is 0 Å². The molecule has 2 aromatic rings. The first-order valence-corrected chi connectivity index (χ1v) is 6.96. The number of halogens is 1. The number of hydrogen-bond donors (Lipinski definition) is 1. The number of rotatable bonds is 1. The number of aryl methyl sites for hydroxylation is 1. The Bertz CT molecular complexity index is 669. The lowest BCUT2D eigenvalue weighted by Crippen LogP contribution is -2.25. The Morgan fingerprint density at radius 1 is 1.15 bits per heavy atom. The van der Waals surface area contributed by atoms with Crippen LogP contribution in [0.1, 0.15) is 12.0 Å². The van der Waals surface area contributed by atoms with Gasteiger partial charge in [0.25, 0.3) is 0 Å². The van der Waals surface area contributed by atoms with E-state index in [0.29, 0.717) is 18.0 Å². The van der Waals surface area contributed by atoms with Crippen LogP contribution in [0.4, 0.5) is 17.1 Å². The molecule has 3 nitrogen and oxygen atoms in total. The number of para-hydroxylation sites is 1. The molecule has 3 rings (SSSR count). The molecule has 0 bridgehead atoms. The summed E-state index contributed by atoms with van der Waals surface area (Å²) in [5, 5.41) is 3.90. The number of benzene rings is 2. The minimum absolute atomic E-state index is 0.0767. The standard InChI is InChI=1S/C16H15ClN2O/c1-11-4-2-3-5-14(11)19-15-10-12(17)6-7-13(15)18-9-8-16(19)20/h2-7,10,18H,8-9H2,1H3. The monoisotopic (exact) mass is 286 g/mol. The Balaban J connectivity index is 2.20. The molecule has 0 saturated heterocycles. The molecule has 0 radical (unpaired) electrons. The van der Waals surface area contributed by atoms with Gasteiger partial charge in [-0.3, -0.25) is 9.69 Å². The molecule has 2 aromatic carbocycles. The van der Waals surface area contributed by atoms with Crippen molar-refractivity contribution in [3.05, 3.63) is 53.1 Å². The molecule has 0 spiro atoms. The van der Waals surface area contributed by atoms with Crippen LogP contribution in [0, 0.1) is 6.92 Å². The second-order valence-electron chi connectivity index (χ2n) is 4.85.